The molecule has 18 heavy (non-hydrogen) atoms. The highest BCUT2D eigenvalue weighted by Gasteiger charge is 2.21. The van der Waals surface area contributed by atoms with Crippen LogP contribution in [0.4, 0.5) is 4.39 Å². The minimum absolute atomic E-state index is 0.146. The van der Waals surface area contributed by atoms with Crippen LogP contribution in [0.15, 0.2) is 24.3 Å². The number of benzene rings is 1. The van der Waals surface area contributed by atoms with Crippen molar-refractivity contribution in [3.05, 3.63) is 35.6 Å². The van der Waals surface area contributed by atoms with Gasteiger partial charge in [0.1, 0.15) is 5.82 Å². The largest absolute Gasteiger partial charge is 0.392 e. The Morgan fingerprint density at radius 3 is 2.94 bits per heavy atom. The monoisotopic (exact) mass is 252 g/mol. The topological polar surface area (TPSA) is 52.6 Å². The number of nitrogens with one attached hydrogen (secondary N) is 1. The van der Waals surface area contributed by atoms with Crippen molar-refractivity contribution in [1.29, 1.82) is 0 Å². The van der Waals surface area contributed by atoms with Gasteiger partial charge in [-0.3, -0.25) is 9.69 Å². The van der Waals surface area contributed by atoms with E-state index in [0.717, 1.165) is 6.54 Å². The smallest absolute Gasteiger partial charge is 0.234 e. The van der Waals surface area contributed by atoms with Crippen molar-refractivity contribution < 1.29 is 14.3 Å². The lowest BCUT2D eigenvalue weighted by Gasteiger charge is -2.14. The zero-order chi connectivity index (χ0) is 13.0. The summed E-state index contributed by atoms with van der Waals surface area (Å²) in [6.07, 6.45) is 0.380. The zero-order valence-electron chi connectivity index (χ0n) is 10.1. The molecule has 1 saturated heterocycles. The molecule has 0 aliphatic carbocycles. The molecule has 1 heterocycles. The Balaban J connectivity index is 1.77. The highest BCUT2D eigenvalue weighted by atomic mass is 19.1. The first kappa shape index (κ1) is 13.0. The number of carbonyl (C=O) groups is 1. The number of amides is 1. The van der Waals surface area contributed by atoms with Crippen LogP contribution in [0.25, 0.3) is 0 Å². The number of aliphatic hydroxyl groups excluding tert-OH is 1. The maximum atomic E-state index is 13.3. The average molecular weight is 252 g/mol. The minimum Gasteiger partial charge on any atom is -0.392 e. The zero-order valence-corrected chi connectivity index (χ0v) is 10.1. The molecule has 1 aliphatic rings. The lowest BCUT2D eigenvalue weighted by atomic mass is 10.2. The summed E-state index contributed by atoms with van der Waals surface area (Å²) >= 11 is 0. The van der Waals surface area contributed by atoms with Crippen molar-refractivity contribution in [3.8, 4) is 0 Å². The second kappa shape index (κ2) is 5.93. The summed E-state index contributed by atoms with van der Waals surface area (Å²) in [5.74, 6) is -0.457. The first-order chi connectivity index (χ1) is 8.65. The van der Waals surface area contributed by atoms with E-state index in [4.69, 9.17) is 0 Å². The van der Waals surface area contributed by atoms with E-state index < -0.39 is 0 Å². The molecule has 1 unspecified atom stereocenters. The number of hydrogen-bond acceptors (Lipinski definition) is 3. The maximum absolute atomic E-state index is 13.3. The molecule has 0 saturated carbocycles. The van der Waals surface area contributed by atoms with Crippen LogP contribution in [0.5, 0.6) is 0 Å². The number of carbonyl (C=O) groups excluding carboxylic acids is 1. The first-order valence-corrected chi connectivity index (χ1v) is 6.05. The Hall–Kier alpha value is -1.46. The minimum atomic E-state index is -0.329. The standard InChI is InChI=1S/C13H17FN2O2/c14-12-4-2-1-3-10(12)7-15-13(18)9-16-6-5-11(17)8-16/h1-4,11,17H,5-9H2,(H,15,18). The molecule has 98 valence electrons. The van der Waals surface area contributed by atoms with E-state index in [2.05, 4.69) is 5.32 Å². The van der Waals surface area contributed by atoms with Crippen molar-refractivity contribution in [2.75, 3.05) is 19.6 Å². The van der Waals surface area contributed by atoms with Gasteiger partial charge in [0, 0.05) is 25.2 Å². The van der Waals surface area contributed by atoms with Crippen LogP contribution >= 0.6 is 0 Å². The molecule has 5 heteroatoms. The third-order valence-electron chi connectivity index (χ3n) is 3.05. The van der Waals surface area contributed by atoms with Gasteiger partial charge < -0.3 is 10.4 Å². The number of β-amino-alcohol motifs (C(OH)–C–C–N with tert-alkyl or cyclic N) is 1. The Morgan fingerprint density at radius 2 is 2.28 bits per heavy atom. The van der Waals surface area contributed by atoms with E-state index in [9.17, 15) is 14.3 Å². The van der Waals surface area contributed by atoms with Crippen LogP contribution in [-0.4, -0.2) is 41.7 Å². The van der Waals surface area contributed by atoms with Crippen LogP contribution in [-0.2, 0) is 11.3 Å². The average Bonchev–Trinajstić information content (AvgIpc) is 2.74. The van der Waals surface area contributed by atoms with E-state index in [-0.39, 0.29) is 30.9 Å². The summed E-state index contributed by atoms with van der Waals surface area (Å²) in [5.41, 5.74) is 0.479. The number of halogens is 1. The van der Waals surface area contributed by atoms with Gasteiger partial charge in [0.2, 0.25) is 5.91 Å². The molecule has 1 aromatic carbocycles. The maximum Gasteiger partial charge on any atom is 0.234 e. The molecular weight excluding hydrogens is 235 g/mol. The van der Waals surface area contributed by atoms with Crippen LogP contribution in [0.2, 0.25) is 0 Å². The normalized spacial score (nSPS) is 20.0. The summed E-state index contributed by atoms with van der Waals surface area (Å²) in [4.78, 5) is 13.5. The third-order valence-corrected chi connectivity index (χ3v) is 3.05. The molecule has 0 radical (unpaired) electrons. The third kappa shape index (κ3) is 3.51. The molecule has 0 bridgehead atoms. The summed E-state index contributed by atoms with van der Waals surface area (Å²) in [6.45, 7) is 1.72. The number of likely N-dealkylation sites (tertiary alicyclic amines) is 1. The molecule has 4 nitrogen and oxygen atoms in total. The summed E-state index contributed by atoms with van der Waals surface area (Å²) < 4.78 is 13.3. The fourth-order valence-corrected chi connectivity index (χ4v) is 2.05. The van der Waals surface area contributed by atoms with Crippen molar-refractivity contribution >= 4 is 5.91 Å². The molecule has 0 spiro atoms. The van der Waals surface area contributed by atoms with Crippen molar-refractivity contribution in [2.24, 2.45) is 0 Å². The van der Waals surface area contributed by atoms with Crippen LogP contribution in [0, 0.1) is 5.82 Å². The fraction of sp³-hybridized carbons (Fsp3) is 0.462. The molecule has 0 aromatic heterocycles. The second-order valence-corrected chi connectivity index (χ2v) is 4.55. The first-order valence-electron chi connectivity index (χ1n) is 6.05. The number of rotatable bonds is 4. The van der Waals surface area contributed by atoms with E-state index in [1.807, 2.05) is 4.90 Å². The fourth-order valence-electron chi connectivity index (χ4n) is 2.05. The second-order valence-electron chi connectivity index (χ2n) is 4.55. The molecule has 1 aromatic rings. The number of hydrogen-bond donors (Lipinski definition) is 2. The van der Waals surface area contributed by atoms with E-state index in [1.165, 1.54) is 6.07 Å². The lowest BCUT2D eigenvalue weighted by molar-refractivity contribution is -0.122. The molecule has 1 aliphatic heterocycles. The SMILES string of the molecule is O=C(CN1CCC(O)C1)NCc1ccccc1F. The number of aliphatic hydroxyl groups is 1. The van der Waals surface area contributed by atoms with Gasteiger partial charge in [-0.1, -0.05) is 18.2 Å². The molecule has 1 atom stereocenters. The summed E-state index contributed by atoms with van der Waals surface area (Å²) in [6, 6.07) is 6.38. The highest BCUT2D eigenvalue weighted by molar-refractivity contribution is 5.78. The van der Waals surface area contributed by atoms with E-state index >= 15 is 0 Å². The van der Waals surface area contributed by atoms with Crippen LogP contribution < -0.4 is 5.32 Å². The molecule has 1 fully saturated rings. The lowest BCUT2D eigenvalue weighted by Crippen LogP contribution is -2.36. The van der Waals surface area contributed by atoms with E-state index in [0.29, 0.717) is 18.5 Å². The molecule has 2 N–H and O–H groups in total. The van der Waals surface area contributed by atoms with Gasteiger partial charge in [0.15, 0.2) is 0 Å². The Kier molecular flexibility index (Phi) is 4.28. The molecule has 2 rings (SSSR count). The Labute approximate surface area is 105 Å². The quantitative estimate of drug-likeness (QED) is 0.821. The Morgan fingerprint density at radius 1 is 1.50 bits per heavy atom. The van der Waals surface area contributed by atoms with Gasteiger partial charge >= 0.3 is 0 Å². The van der Waals surface area contributed by atoms with Gasteiger partial charge in [-0.05, 0) is 12.5 Å². The summed E-state index contributed by atoms with van der Waals surface area (Å²) in [5, 5.41) is 12.0. The van der Waals surface area contributed by atoms with Crippen LogP contribution in [0.1, 0.15) is 12.0 Å². The van der Waals surface area contributed by atoms with Gasteiger partial charge in [-0.15, -0.1) is 0 Å². The highest BCUT2D eigenvalue weighted by Crippen LogP contribution is 2.08. The van der Waals surface area contributed by atoms with Gasteiger partial charge in [-0.2, -0.15) is 0 Å². The van der Waals surface area contributed by atoms with Crippen molar-refractivity contribution in [3.63, 3.8) is 0 Å². The van der Waals surface area contributed by atoms with Crippen LogP contribution in [0.3, 0.4) is 0 Å². The van der Waals surface area contributed by atoms with Gasteiger partial charge in [-0.25, -0.2) is 4.39 Å². The number of nitrogens with zero attached hydrogens (tertiary/aromatic N) is 1. The van der Waals surface area contributed by atoms with E-state index in [1.54, 1.807) is 18.2 Å². The van der Waals surface area contributed by atoms with Gasteiger partial charge in [0.05, 0.1) is 12.6 Å². The van der Waals surface area contributed by atoms with Crippen molar-refractivity contribution in [2.45, 2.75) is 19.1 Å². The molecular formula is C13H17FN2O2. The summed E-state index contributed by atoms with van der Waals surface area (Å²) in [7, 11) is 0. The van der Waals surface area contributed by atoms with Crippen molar-refractivity contribution in [1.82, 2.24) is 10.2 Å². The predicted molar refractivity (Wildman–Crippen MR) is 65.3 cm³/mol. The predicted octanol–water partition coefficient (Wildman–Crippen LogP) is 0.508. The Bertz CT molecular complexity index is 425. The molecule has 1 amide bonds. The van der Waals surface area contributed by atoms with Gasteiger partial charge in [0.25, 0.3) is 0 Å².